The minimum absolute atomic E-state index is 0.246. The van der Waals surface area contributed by atoms with Crippen molar-refractivity contribution >= 4 is 5.91 Å². The molecule has 2 aliphatic rings. The Bertz CT molecular complexity index is 285. The molecule has 0 aliphatic carbocycles. The van der Waals surface area contributed by atoms with Crippen LogP contribution in [0.1, 0.15) is 45.4 Å². The summed E-state index contributed by atoms with van der Waals surface area (Å²) in [5.41, 5.74) is 6.00. The van der Waals surface area contributed by atoms with Gasteiger partial charge in [-0.25, -0.2) is 0 Å². The maximum atomic E-state index is 12.3. The maximum absolute atomic E-state index is 12.3. The molecule has 2 atom stereocenters. The number of hydrogen-bond acceptors (Lipinski definition) is 3. The maximum Gasteiger partial charge on any atom is 0.236 e. The quantitative estimate of drug-likeness (QED) is 0.842. The predicted octanol–water partition coefficient (Wildman–Crippen LogP) is 1.45. The highest BCUT2D eigenvalue weighted by atomic mass is 16.2. The summed E-state index contributed by atoms with van der Waals surface area (Å²) in [5.74, 6) is 0.887. The van der Waals surface area contributed by atoms with E-state index in [1.165, 1.54) is 38.5 Å². The van der Waals surface area contributed by atoms with Crippen LogP contribution < -0.4 is 5.73 Å². The molecule has 0 aromatic heterocycles. The summed E-state index contributed by atoms with van der Waals surface area (Å²) >= 11 is 0. The van der Waals surface area contributed by atoms with E-state index in [2.05, 4.69) is 16.7 Å². The van der Waals surface area contributed by atoms with Gasteiger partial charge in [-0.3, -0.25) is 9.69 Å². The van der Waals surface area contributed by atoms with Crippen LogP contribution >= 0.6 is 0 Å². The molecule has 2 heterocycles. The van der Waals surface area contributed by atoms with Gasteiger partial charge in [0.2, 0.25) is 5.91 Å². The Morgan fingerprint density at radius 3 is 2.47 bits per heavy atom. The molecule has 2 rings (SSSR count). The lowest BCUT2D eigenvalue weighted by atomic mass is 9.92. The van der Waals surface area contributed by atoms with E-state index in [0.29, 0.717) is 18.4 Å². The van der Waals surface area contributed by atoms with Crippen molar-refractivity contribution in [1.82, 2.24) is 9.80 Å². The van der Waals surface area contributed by atoms with Crippen molar-refractivity contribution in [2.75, 3.05) is 32.7 Å². The number of likely N-dealkylation sites (tertiary alicyclic amines) is 2. The van der Waals surface area contributed by atoms with Gasteiger partial charge < -0.3 is 10.6 Å². The Kier molecular flexibility index (Phi) is 5.64. The zero-order valence-corrected chi connectivity index (χ0v) is 12.3. The predicted molar refractivity (Wildman–Crippen MR) is 77.9 cm³/mol. The molecular formula is C15H29N3O. The van der Waals surface area contributed by atoms with E-state index in [1.807, 2.05) is 0 Å². The van der Waals surface area contributed by atoms with Gasteiger partial charge in [-0.2, -0.15) is 0 Å². The molecule has 2 fully saturated rings. The largest absolute Gasteiger partial charge is 0.342 e. The van der Waals surface area contributed by atoms with Gasteiger partial charge in [0, 0.05) is 25.7 Å². The third-order valence-corrected chi connectivity index (χ3v) is 4.60. The van der Waals surface area contributed by atoms with Crippen molar-refractivity contribution in [3.63, 3.8) is 0 Å². The van der Waals surface area contributed by atoms with E-state index in [1.54, 1.807) is 0 Å². The zero-order chi connectivity index (χ0) is 13.7. The highest BCUT2D eigenvalue weighted by Crippen LogP contribution is 2.19. The number of amides is 1. The number of carbonyl (C=O) groups excluding carboxylic acids is 1. The average Bonchev–Trinajstić information content (AvgIpc) is 2.68. The second-order valence-corrected chi connectivity index (χ2v) is 6.29. The van der Waals surface area contributed by atoms with E-state index < -0.39 is 0 Å². The van der Waals surface area contributed by atoms with Crippen molar-refractivity contribution in [1.29, 1.82) is 0 Å². The molecule has 2 aliphatic heterocycles. The Morgan fingerprint density at radius 1 is 1.16 bits per heavy atom. The van der Waals surface area contributed by atoms with E-state index in [-0.39, 0.29) is 6.04 Å². The summed E-state index contributed by atoms with van der Waals surface area (Å²) in [6.07, 6.45) is 7.30. The normalized spacial score (nSPS) is 27.9. The number of hydrogen-bond donors (Lipinski definition) is 1. The molecule has 4 nitrogen and oxygen atoms in total. The molecule has 110 valence electrons. The minimum Gasteiger partial charge on any atom is -0.342 e. The van der Waals surface area contributed by atoms with Crippen molar-refractivity contribution in [2.24, 2.45) is 11.7 Å². The summed E-state index contributed by atoms with van der Waals surface area (Å²) < 4.78 is 0. The van der Waals surface area contributed by atoms with Gasteiger partial charge in [0.1, 0.15) is 0 Å². The first kappa shape index (κ1) is 14.8. The third kappa shape index (κ3) is 4.46. The molecule has 0 radical (unpaired) electrons. The summed E-state index contributed by atoms with van der Waals surface area (Å²) in [4.78, 5) is 16.7. The van der Waals surface area contributed by atoms with Crippen molar-refractivity contribution in [3.8, 4) is 0 Å². The number of rotatable bonds is 3. The van der Waals surface area contributed by atoms with Crippen LogP contribution in [0.5, 0.6) is 0 Å². The van der Waals surface area contributed by atoms with Gasteiger partial charge in [-0.05, 0) is 45.1 Å². The molecule has 2 saturated heterocycles. The average molecular weight is 267 g/mol. The Hall–Kier alpha value is -0.610. The fourth-order valence-corrected chi connectivity index (χ4v) is 3.28. The molecule has 0 bridgehead atoms. The molecule has 0 saturated carbocycles. The Morgan fingerprint density at radius 2 is 1.84 bits per heavy atom. The van der Waals surface area contributed by atoms with Crippen molar-refractivity contribution < 1.29 is 4.79 Å². The van der Waals surface area contributed by atoms with Crippen LogP contribution in [0.3, 0.4) is 0 Å². The number of carbonyl (C=O) groups is 1. The summed E-state index contributed by atoms with van der Waals surface area (Å²) in [6, 6.07) is 0.246. The van der Waals surface area contributed by atoms with Gasteiger partial charge in [0.25, 0.3) is 0 Å². The summed E-state index contributed by atoms with van der Waals surface area (Å²) in [7, 11) is 0. The highest BCUT2D eigenvalue weighted by molar-refractivity contribution is 5.78. The summed E-state index contributed by atoms with van der Waals surface area (Å²) in [6.45, 7) is 6.67. The SMILES string of the molecule is CC(N)C1CCCN(CC(=O)N2CCCCCC2)C1. The molecule has 0 spiro atoms. The fraction of sp³-hybridized carbons (Fsp3) is 0.933. The topological polar surface area (TPSA) is 49.6 Å². The second kappa shape index (κ2) is 7.25. The van der Waals surface area contributed by atoms with Gasteiger partial charge in [0.05, 0.1) is 6.54 Å². The first-order valence-corrected chi connectivity index (χ1v) is 7.92. The molecule has 0 aromatic carbocycles. The van der Waals surface area contributed by atoms with E-state index in [4.69, 9.17) is 5.73 Å². The second-order valence-electron chi connectivity index (χ2n) is 6.29. The van der Waals surface area contributed by atoms with Gasteiger partial charge >= 0.3 is 0 Å². The highest BCUT2D eigenvalue weighted by Gasteiger charge is 2.25. The van der Waals surface area contributed by atoms with Gasteiger partial charge in [-0.1, -0.05) is 12.8 Å². The Balaban J connectivity index is 1.80. The first-order chi connectivity index (χ1) is 9.16. The molecule has 2 unspecified atom stereocenters. The molecule has 4 heteroatoms. The van der Waals surface area contributed by atoms with Crippen LogP contribution in [-0.4, -0.2) is 54.5 Å². The zero-order valence-electron chi connectivity index (χ0n) is 12.3. The van der Waals surface area contributed by atoms with E-state index in [9.17, 15) is 4.79 Å². The lowest BCUT2D eigenvalue weighted by molar-refractivity contribution is -0.132. The number of nitrogens with two attached hydrogens (primary N) is 1. The lowest BCUT2D eigenvalue weighted by Gasteiger charge is -2.35. The van der Waals surface area contributed by atoms with Crippen molar-refractivity contribution in [2.45, 2.75) is 51.5 Å². The van der Waals surface area contributed by atoms with Crippen LogP contribution in [0.15, 0.2) is 0 Å². The first-order valence-electron chi connectivity index (χ1n) is 7.92. The van der Waals surface area contributed by atoms with Gasteiger partial charge in [0.15, 0.2) is 0 Å². The van der Waals surface area contributed by atoms with Crippen molar-refractivity contribution in [3.05, 3.63) is 0 Å². The summed E-state index contributed by atoms with van der Waals surface area (Å²) in [5, 5.41) is 0. The van der Waals surface area contributed by atoms with Crippen LogP contribution in [0.2, 0.25) is 0 Å². The Labute approximate surface area is 117 Å². The third-order valence-electron chi connectivity index (χ3n) is 4.60. The smallest absolute Gasteiger partial charge is 0.236 e. The minimum atomic E-state index is 0.246. The van der Waals surface area contributed by atoms with Crippen LogP contribution in [-0.2, 0) is 4.79 Å². The molecule has 1 amide bonds. The van der Waals surface area contributed by atoms with Crippen LogP contribution in [0.25, 0.3) is 0 Å². The fourth-order valence-electron chi connectivity index (χ4n) is 3.28. The number of nitrogens with zero attached hydrogens (tertiary/aromatic N) is 2. The monoisotopic (exact) mass is 267 g/mol. The number of piperidine rings is 1. The molecular weight excluding hydrogens is 238 g/mol. The van der Waals surface area contributed by atoms with Crippen LogP contribution in [0, 0.1) is 5.92 Å². The van der Waals surface area contributed by atoms with Gasteiger partial charge in [-0.15, -0.1) is 0 Å². The standard InChI is InChI=1S/C15H29N3O/c1-13(16)14-7-6-8-17(11-14)12-15(19)18-9-4-2-3-5-10-18/h13-14H,2-12,16H2,1H3. The van der Waals surface area contributed by atoms with E-state index >= 15 is 0 Å². The van der Waals surface area contributed by atoms with E-state index in [0.717, 1.165) is 26.2 Å². The van der Waals surface area contributed by atoms with Crippen LogP contribution in [0.4, 0.5) is 0 Å². The molecule has 19 heavy (non-hydrogen) atoms. The lowest BCUT2D eigenvalue weighted by Crippen LogP contribution is -2.47. The molecule has 0 aromatic rings. The molecule has 2 N–H and O–H groups in total.